The van der Waals surface area contributed by atoms with E-state index in [9.17, 15) is 4.79 Å². The number of nitrogens with one attached hydrogen (secondary N) is 2. The Balaban J connectivity index is 1.45. The van der Waals surface area contributed by atoms with E-state index < -0.39 is 0 Å². The minimum absolute atomic E-state index is 0.0922. The maximum absolute atomic E-state index is 11.8. The molecule has 1 aliphatic heterocycles. The highest BCUT2D eigenvalue weighted by Crippen LogP contribution is 2.32. The molecule has 2 aliphatic rings. The first-order chi connectivity index (χ1) is 9.83. The van der Waals surface area contributed by atoms with Crippen molar-refractivity contribution in [2.75, 3.05) is 26.2 Å². The zero-order chi connectivity index (χ0) is 13.8. The number of carbonyl (C=O) groups excluding carboxylic acids is 1. The average Bonchev–Trinajstić information content (AvgIpc) is 3.29. The fourth-order valence-electron chi connectivity index (χ4n) is 2.64. The fraction of sp³-hybridized carbons (Fsp3) is 0.562. The van der Waals surface area contributed by atoms with E-state index in [1.807, 2.05) is 18.2 Å². The van der Waals surface area contributed by atoms with Crippen LogP contribution in [0.2, 0.25) is 0 Å². The van der Waals surface area contributed by atoms with Crippen molar-refractivity contribution < 1.29 is 9.53 Å². The van der Waals surface area contributed by atoms with Crippen LogP contribution < -0.4 is 15.4 Å². The third kappa shape index (κ3) is 3.51. The summed E-state index contributed by atoms with van der Waals surface area (Å²) in [4.78, 5) is 11.8. The fourth-order valence-corrected chi connectivity index (χ4v) is 2.64. The quantitative estimate of drug-likeness (QED) is 0.829. The lowest BCUT2D eigenvalue weighted by atomic mass is 9.93. The molecule has 1 aromatic carbocycles. The Bertz CT molecular complexity index is 471. The van der Waals surface area contributed by atoms with Gasteiger partial charge in [-0.1, -0.05) is 18.2 Å². The van der Waals surface area contributed by atoms with Gasteiger partial charge in [0.05, 0.1) is 13.2 Å². The first kappa shape index (κ1) is 13.4. The van der Waals surface area contributed by atoms with Gasteiger partial charge in [-0.25, -0.2) is 0 Å². The summed E-state index contributed by atoms with van der Waals surface area (Å²) in [5, 5.41) is 6.25. The summed E-state index contributed by atoms with van der Waals surface area (Å²) in [6.45, 7) is 2.84. The summed E-state index contributed by atoms with van der Waals surface area (Å²) in [6, 6.07) is 8.11. The lowest BCUT2D eigenvalue weighted by Gasteiger charge is -2.26. The van der Waals surface area contributed by atoms with E-state index in [1.165, 1.54) is 18.4 Å². The van der Waals surface area contributed by atoms with Gasteiger partial charge in [0, 0.05) is 12.5 Å². The maximum Gasteiger partial charge on any atom is 0.233 e. The molecule has 0 radical (unpaired) electrons. The van der Waals surface area contributed by atoms with Crippen molar-refractivity contribution in [3.05, 3.63) is 29.8 Å². The summed E-state index contributed by atoms with van der Waals surface area (Å²) < 4.78 is 5.63. The molecule has 0 aromatic heterocycles. The molecule has 0 spiro atoms. The molecule has 1 unspecified atom stereocenters. The highest BCUT2D eigenvalue weighted by atomic mass is 16.5. The number of benzene rings is 1. The van der Waals surface area contributed by atoms with Crippen LogP contribution in [0.3, 0.4) is 0 Å². The maximum atomic E-state index is 11.8. The van der Waals surface area contributed by atoms with E-state index in [-0.39, 0.29) is 5.91 Å². The van der Waals surface area contributed by atoms with Gasteiger partial charge in [0.2, 0.25) is 5.91 Å². The van der Waals surface area contributed by atoms with Crippen molar-refractivity contribution in [3.8, 4) is 5.75 Å². The van der Waals surface area contributed by atoms with E-state index in [4.69, 9.17) is 4.74 Å². The summed E-state index contributed by atoms with van der Waals surface area (Å²) in [6.07, 6.45) is 3.59. The number of rotatable bonds is 6. The summed E-state index contributed by atoms with van der Waals surface area (Å²) >= 11 is 0. The first-order valence-electron chi connectivity index (χ1n) is 7.52. The van der Waals surface area contributed by atoms with Gasteiger partial charge in [0.25, 0.3) is 0 Å². The topological polar surface area (TPSA) is 50.4 Å². The molecule has 4 nitrogen and oxygen atoms in total. The monoisotopic (exact) mass is 274 g/mol. The molecule has 0 bridgehead atoms. The van der Waals surface area contributed by atoms with Crippen LogP contribution in [-0.2, 0) is 4.79 Å². The second-order valence-electron chi connectivity index (χ2n) is 5.75. The second kappa shape index (κ2) is 6.27. The standard InChI is InChI=1S/C16H22N2O2/c19-16(11-17-9-12-5-6-12)18-10-13-7-8-20-15-4-2-1-3-14(13)15/h1-4,12-13,17H,5-11H2,(H,18,19). The average molecular weight is 274 g/mol. The molecule has 2 N–H and O–H groups in total. The number of para-hydroxylation sites is 1. The Labute approximate surface area is 119 Å². The van der Waals surface area contributed by atoms with Crippen LogP contribution in [0.1, 0.15) is 30.7 Å². The third-order valence-electron chi connectivity index (χ3n) is 4.04. The molecule has 1 fully saturated rings. The molecule has 4 heteroatoms. The normalized spacial score (nSPS) is 20.9. The predicted molar refractivity (Wildman–Crippen MR) is 77.9 cm³/mol. The Hall–Kier alpha value is -1.55. The van der Waals surface area contributed by atoms with Crippen molar-refractivity contribution in [2.24, 2.45) is 5.92 Å². The van der Waals surface area contributed by atoms with E-state index in [2.05, 4.69) is 16.7 Å². The number of amides is 1. The van der Waals surface area contributed by atoms with Crippen molar-refractivity contribution in [2.45, 2.75) is 25.2 Å². The number of ether oxygens (including phenoxy) is 1. The van der Waals surface area contributed by atoms with Gasteiger partial charge < -0.3 is 15.4 Å². The van der Waals surface area contributed by atoms with Crippen molar-refractivity contribution in [3.63, 3.8) is 0 Å². The first-order valence-corrected chi connectivity index (χ1v) is 7.52. The molecular weight excluding hydrogens is 252 g/mol. The van der Waals surface area contributed by atoms with Crippen LogP contribution in [0.15, 0.2) is 24.3 Å². The molecule has 1 saturated carbocycles. The van der Waals surface area contributed by atoms with E-state index >= 15 is 0 Å². The van der Waals surface area contributed by atoms with Crippen molar-refractivity contribution in [1.82, 2.24) is 10.6 Å². The van der Waals surface area contributed by atoms with Gasteiger partial charge in [-0.2, -0.15) is 0 Å². The zero-order valence-corrected chi connectivity index (χ0v) is 11.7. The Morgan fingerprint density at radius 3 is 2.90 bits per heavy atom. The van der Waals surface area contributed by atoms with Crippen LogP contribution in [-0.4, -0.2) is 32.1 Å². The summed E-state index contributed by atoms with van der Waals surface area (Å²) in [5.74, 6) is 2.23. The number of hydrogen-bond donors (Lipinski definition) is 2. The molecule has 3 rings (SSSR count). The molecule has 1 aromatic rings. The lowest BCUT2D eigenvalue weighted by Crippen LogP contribution is -2.37. The molecular formula is C16H22N2O2. The highest BCUT2D eigenvalue weighted by molar-refractivity contribution is 5.78. The lowest BCUT2D eigenvalue weighted by molar-refractivity contribution is -0.120. The van der Waals surface area contributed by atoms with Crippen LogP contribution in [0.25, 0.3) is 0 Å². The molecule has 0 saturated heterocycles. The second-order valence-corrected chi connectivity index (χ2v) is 5.75. The van der Waals surface area contributed by atoms with Crippen molar-refractivity contribution >= 4 is 5.91 Å². The van der Waals surface area contributed by atoms with E-state index in [0.717, 1.165) is 31.2 Å². The van der Waals surface area contributed by atoms with E-state index in [1.54, 1.807) is 0 Å². The molecule has 1 aliphatic carbocycles. The number of fused-ring (bicyclic) bond motifs is 1. The molecule has 1 atom stereocenters. The SMILES string of the molecule is O=C(CNCC1CC1)NCC1CCOc2ccccc21. The molecule has 20 heavy (non-hydrogen) atoms. The zero-order valence-electron chi connectivity index (χ0n) is 11.7. The third-order valence-corrected chi connectivity index (χ3v) is 4.04. The Kier molecular flexibility index (Phi) is 4.21. The smallest absolute Gasteiger partial charge is 0.233 e. The van der Waals surface area contributed by atoms with Gasteiger partial charge in [-0.05, 0) is 43.4 Å². The molecule has 108 valence electrons. The predicted octanol–water partition coefficient (Wildman–Crippen LogP) is 1.67. The van der Waals surface area contributed by atoms with Gasteiger partial charge in [-0.15, -0.1) is 0 Å². The number of hydrogen-bond acceptors (Lipinski definition) is 3. The van der Waals surface area contributed by atoms with E-state index in [0.29, 0.717) is 19.0 Å². The molecule has 1 heterocycles. The number of carbonyl (C=O) groups is 1. The minimum atomic E-state index is 0.0922. The largest absolute Gasteiger partial charge is 0.493 e. The summed E-state index contributed by atoms with van der Waals surface area (Å²) in [5.41, 5.74) is 1.21. The van der Waals surface area contributed by atoms with Gasteiger partial charge in [0.15, 0.2) is 0 Å². The summed E-state index contributed by atoms with van der Waals surface area (Å²) in [7, 11) is 0. The highest BCUT2D eigenvalue weighted by Gasteiger charge is 2.22. The van der Waals surface area contributed by atoms with Crippen LogP contribution >= 0.6 is 0 Å². The van der Waals surface area contributed by atoms with Gasteiger partial charge >= 0.3 is 0 Å². The van der Waals surface area contributed by atoms with Gasteiger partial charge in [0.1, 0.15) is 5.75 Å². The van der Waals surface area contributed by atoms with Crippen LogP contribution in [0.5, 0.6) is 5.75 Å². The van der Waals surface area contributed by atoms with Crippen LogP contribution in [0.4, 0.5) is 0 Å². The Morgan fingerprint density at radius 1 is 1.20 bits per heavy atom. The van der Waals surface area contributed by atoms with Gasteiger partial charge in [-0.3, -0.25) is 4.79 Å². The Morgan fingerprint density at radius 2 is 2.05 bits per heavy atom. The van der Waals surface area contributed by atoms with Crippen molar-refractivity contribution in [1.29, 1.82) is 0 Å². The minimum Gasteiger partial charge on any atom is -0.493 e. The molecule has 1 amide bonds. The van der Waals surface area contributed by atoms with Crippen LogP contribution in [0, 0.1) is 5.92 Å².